The predicted molar refractivity (Wildman–Crippen MR) is 128 cm³/mol. The lowest BCUT2D eigenvalue weighted by molar-refractivity contribution is -0.879. The fraction of sp³-hybridized carbons (Fsp3) is 0.500. The number of aliphatic hydroxyl groups is 1. The molecule has 2 fully saturated rings. The fourth-order valence-electron chi connectivity index (χ4n) is 4.83. The Hall–Kier alpha value is -2.26. The molecule has 2 aliphatic rings. The Morgan fingerprint density at radius 1 is 1.03 bits per heavy atom. The number of likely N-dealkylation sites (N-methyl/N-ethyl adjacent to an activating group) is 1. The van der Waals surface area contributed by atoms with Crippen LogP contribution in [0.1, 0.15) is 43.2 Å². The summed E-state index contributed by atoms with van der Waals surface area (Å²) in [6.45, 7) is 3.65. The molecule has 0 spiro atoms. The number of carbonyl (C=O) groups excluding carboxylic acids is 1. The van der Waals surface area contributed by atoms with Crippen LogP contribution in [0.15, 0.2) is 59.5 Å². The summed E-state index contributed by atoms with van der Waals surface area (Å²) < 4.78 is 37.8. The lowest BCUT2D eigenvalue weighted by atomic mass is 9.80. The van der Waals surface area contributed by atoms with Crippen LogP contribution in [-0.2, 0) is 25.3 Å². The molecular formula is C26H35NO6S. The molecule has 0 radical (unpaired) electrons. The topological polar surface area (TPSA) is 104 Å². The second-order valence-corrected chi connectivity index (χ2v) is 11.4. The number of carbonyl (C=O) groups is 1. The van der Waals surface area contributed by atoms with Crippen LogP contribution in [0, 0.1) is 12.8 Å². The number of hydrogen-bond acceptors (Lipinski definition) is 6. The molecule has 8 heteroatoms. The molecule has 0 unspecified atom stereocenters. The highest BCUT2D eigenvalue weighted by Crippen LogP contribution is 2.42. The number of rotatable bonds is 5. The van der Waals surface area contributed by atoms with Crippen molar-refractivity contribution in [2.75, 3.05) is 27.2 Å². The molecule has 0 aromatic heterocycles. The number of likely N-dealkylation sites (tertiary alicyclic amines) is 1. The summed E-state index contributed by atoms with van der Waals surface area (Å²) in [6.07, 6.45) is 4.68. The van der Waals surface area contributed by atoms with Gasteiger partial charge in [-0.3, -0.25) is 0 Å². The monoisotopic (exact) mass is 489 g/mol. The van der Waals surface area contributed by atoms with E-state index in [1.165, 1.54) is 12.1 Å². The summed E-state index contributed by atoms with van der Waals surface area (Å²) in [5.41, 5.74) is 0.0957. The summed E-state index contributed by atoms with van der Waals surface area (Å²) in [6, 6.07) is 15.1. The van der Waals surface area contributed by atoms with Gasteiger partial charge in [-0.05, 0) is 37.5 Å². The smallest absolute Gasteiger partial charge is 0.343 e. The van der Waals surface area contributed by atoms with Crippen LogP contribution in [0.3, 0.4) is 0 Å². The van der Waals surface area contributed by atoms with Crippen LogP contribution >= 0.6 is 0 Å². The van der Waals surface area contributed by atoms with E-state index in [0.717, 1.165) is 55.2 Å². The van der Waals surface area contributed by atoms with E-state index in [1.54, 1.807) is 12.1 Å². The highest BCUT2D eigenvalue weighted by atomic mass is 32.2. The molecule has 1 saturated carbocycles. The number of nitrogens with zero attached hydrogens (tertiary/aromatic N) is 1. The zero-order chi connectivity index (χ0) is 25.0. The van der Waals surface area contributed by atoms with Crippen LogP contribution < -0.4 is 0 Å². The molecule has 34 heavy (non-hydrogen) atoms. The van der Waals surface area contributed by atoms with Gasteiger partial charge in [0.2, 0.25) is 0 Å². The first kappa shape index (κ1) is 26.3. The molecule has 186 valence electrons. The number of esters is 1. The zero-order valence-corrected chi connectivity index (χ0v) is 21.0. The molecule has 1 N–H and O–H groups in total. The van der Waals surface area contributed by atoms with Crippen molar-refractivity contribution in [2.45, 2.75) is 55.6 Å². The predicted octanol–water partition coefficient (Wildman–Crippen LogP) is 3.36. The second kappa shape index (κ2) is 10.6. The summed E-state index contributed by atoms with van der Waals surface area (Å²) in [4.78, 5) is 12.8. The standard InChI is InChI=1S/C19H28NO3.C7H8O3S/c1-20(2)13-12-17(14-20)23-18(21)19(22,16-10-6-7-11-16)15-8-4-3-5-9-15;1-6-2-4-7(5-3-6)11(8,9)10/h3-5,8-9,16-17,22H,6-7,10-14H2,1-2H3;2-5H,1H3,(H,8,9,10)/q+1;/p-1/t17-,19+;/m1./s1. The quantitative estimate of drug-likeness (QED) is 0.392. The Bertz CT molecular complexity index is 1060. The van der Waals surface area contributed by atoms with E-state index < -0.39 is 21.7 Å². The van der Waals surface area contributed by atoms with E-state index >= 15 is 0 Å². The van der Waals surface area contributed by atoms with Crippen molar-refractivity contribution < 1.29 is 32.1 Å². The van der Waals surface area contributed by atoms with Crippen LogP contribution in [0.2, 0.25) is 0 Å². The maximum atomic E-state index is 12.9. The van der Waals surface area contributed by atoms with Gasteiger partial charge in [-0.15, -0.1) is 0 Å². The van der Waals surface area contributed by atoms with Gasteiger partial charge in [0.15, 0.2) is 11.7 Å². The minimum atomic E-state index is -4.27. The van der Waals surface area contributed by atoms with Crippen molar-refractivity contribution in [3.63, 3.8) is 0 Å². The van der Waals surface area contributed by atoms with Gasteiger partial charge in [0.1, 0.15) is 16.7 Å². The summed E-state index contributed by atoms with van der Waals surface area (Å²) in [5.74, 6) is -0.496. The average Bonchev–Trinajstić information content (AvgIpc) is 3.44. The normalized spacial score (nSPS) is 21.9. The first-order valence-electron chi connectivity index (χ1n) is 11.8. The van der Waals surface area contributed by atoms with Gasteiger partial charge >= 0.3 is 5.97 Å². The van der Waals surface area contributed by atoms with Gasteiger partial charge in [0.05, 0.1) is 25.5 Å². The Morgan fingerprint density at radius 2 is 1.62 bits per heavy atom. The Labute approximate surface area is 202 Å². The molecule has 1 saturated heterocycles. The molecule has 0 amide bonds. The fourth-order valence-corrected chi connectivity index (χ4v) is 5.30. The Balaban J connectivity index is 0.000000248. The number of aryl methyl sites for hydroxylation is 1. The maximum Gasteiger partial charge on any atom is 0.343 e. The molecule has 4 rings (SSSR count). The molecule has 0 bridgehead atoms. The highest BCUT2D eigenvalue weighted by Gasteiger charge is 2.49. The molecule has 1 aliphatic heterocycles. The number of hydrogen-bond donors (Lipinski definition) is 1. The lowest BCUT2D eigenvalue weighted by Crippen LogP contribution is -2.46. The highest BCUT2D eigenvalue weighted by molar-refractivity contribution is 7.85. The van der Waals surface area contributed by atoms with Crippen LogP contribution in [-0.4, -0.2) is 61.8 Å². The van der Waals surface area contributed by atoms with Crippen LogP contribution in [0.4, 0.5) is 0 Å². The van der Waals surface area contributed by atoms with Gasteiger partial charge in [-0.25, -0.2) is 13.2 Å². The zero-order valence-electron chi connectivity index (χ0n) is 20.1. The first-order valence-corrected chi connectivity index (χ1v) is 13.2. The third-order valence-corrected chi connectivity index (χ3v) is 7.66. The van der Waals surface area contributed by atoms with E-state index in [2.05, 4.69) is 14.1 Å². The van der Waals surface area contributed by atoms with Gasteiger partial charge < -0.3 is 18.9 Å². The van der Waals surface area contributed by atoms with Crippen molar-refractivity contribution >= 4 is 16.1 Å². The molecule has 7 nitrogen and oxygen atoms in total. The molecular weight excluding hydrogens is 454 g/mol. The van der Waals surface area contributed by atoms with Gasteiger partial charge in [-0.1, -0.05) is 60.9 Å². The number of benzene rings is 2. The molecule has 1 heterocycles. The Morgan fingerprint density at radius 3 is 2.12 bits per heavy atom. The summed E-state index contributed by atoms with van der Waals surface area (Å²) in [5, 5.41) is 11.4. The van der Waals surface area contributed by atoms with Crippen molar-refractivity contribution in [1.29, 1.82) is 0 Å². The van der Waals surface area contributed by atoms with Crippen LogP contribution in [0.25, 0.3) is 0 Å². The molecule has 1 aliphatic carbocycles. The van der Waals surface area contributed by atoms with Gasteiger partial charge in [0.25, 0.3) is 0 Å². The first-order chi connectivity index (χ1) is 15.9. The minimum absolute atomic E-state index is 0.0405. The van der Waals surface area contributed by atoms with Crippen LogP contribution in [0.5, 0.6) is 0 Å². The van der Waals surface area contributed by atoms with Gasteiger partial charge in [0, 0.05) is 12.3 Å². The lowest BCUT2D eigenvalue weighted by Gasteiger charge is -2.33. The Kier molecular flexibility index (Phi) is 8.18. The van der Waals surface area contributed by atoms with E-state index in [-0.39, 0.29) is 16.9 Å². The molecule has 2 aromatic carbocycles. The van der Waals surface area contributed by atoms with Crippen molar-refractivity contribution in [3.8, 4) is 0 Å². The third kappa shape index (κ3) is 6.44. The van der Waals surface area contributed by atoms with E-state index in [4.69, 9.17) is 4.74 Å². The SMILES string of the molecule is C[N+]1(C)CC[C@@H](OC(=O)[C@](O)(c2ccccc2)C2CCCC2)C1.Cc1ccc(S(=O)(=O)[O-])cc1. The molecule has 2 aromatic rings. The maximum absolute atomic E-state index is 12.9. The van der Waals surface area contributed by atoms with Crippen molar-refractivity contribution in [1.82, 2.24) is 0 Å². The minimum Gasteiger partial charge on any atom is -0.744 e. The van der Waals surface area contributed by atoms with Gasteiger partial charge in [-0.2, -0.15) is 0 Å². The van der Waals surface area contributed by atoms with E-state index in [1.807, 2.05) is 37.3 Å². The van der Waals surface area contributed by atoms with E-state index in [0.29, 0.717) is 5.56 Å². The third-order valence-electron chi connectivity index (χ3n) is 6.81. The number of quaternary nitrogens is 1. The largest absolute Gasteiger partial charge is 0.744 e. The number of ether oxygens (including phenoxy) is 1. The van der Waals surface area contributed by atoms with E-state index in [9.17, 15) is 22.9 Å². The summed E-state index contributed by atoms with van der Waals surface area (Å²) in [7, 11) is 0.0245. The van der Waals surface area contributed by atoms with Crippen molar-refractivity contribution in [3.05, 3.63) is 65.7 Å². The second-order valence-electron chi connectivity index (χ2n) is 10.0. The van der Waals surface area contributed by atoms with Crippen molar-refractivity contribution in [2.24, 2.45) is 5.92 Å². The summed E-state index contributed by atoms with van der Waals surface area (Å²) >= 11 is 0. The average molecular weight is 490 g/mol. The molecule has 2 atom stereocenters.